The van der Waals surface area contributed by atoms with Crippen LogP contribution in [0.25, 0.3) is 89.2 Å². The molecular weight excluding hydrogens is 542 g/mol. The van der Waals surface area contributed by atoms with E-state index in [1.54, 1.807) is 0 Å². The Morgan fingerprint density at radius 2 is 0.864 bits per heavy atom. The number of nitrogens with zero attached hydrogens (tertiary/aromatic N) is 3. The second-order valence-corrected chi connectivity index (χ2v) is 10.8. The maximum absolute atomic E-state index is 6.35. The first kappa shape index (κ1) is 24.5. The van der Waals surface area contributed by atoms with Gasteiger partial charge in [-0.2, -0.15) is 0 Å². The minimum atomic E-state index is 0.608. The lowest BCUT2D eigenvalue weighted by Gasteiger charge is -2.08. The van der Waals surface area contributed by atoms with Crippen LogP contribution in [0.3, 0.4) is 0 Å². The van der Waals surface area contributed by atoms with Crippen molar-refractivity contribution in [3.8, 4) is 45.3 Å². The topological polar surface area (TPSA) is 65.0 Å². The van der Waals surface area contributed by atoms with E-state index in [-0.39, 0.29) is 0 Å². The minimum absolute atomic E-state index is 0.608. The van der Waals surface area contributed by atoms with Crippen molar-refractivity contribution in [3.63, 3.8) is 0 Å². The van der Waals surface area contributed by atoms with E-state index in [0.717, 1.165) is 71.7 Å². The Labute approximate surface area is 252 Å². The van der Waals surface area contributed by atoms with Gasteiger partial charge in [-0.1, -0.05) is 103 Å². The molecule has 206 valence electrons. The molecule has 5 nitrogen and oxygen atoms in total. The van der Waals surface area contributed by atoms with Gasteiger partial charge in [-0.25, -0.2) is 15.0 Å². The molecule has 5 heteroatoms. The predicted molar refractivity (Wildman–Crippen MR) is 176 cm³/mol. The van der Waals surface area contributed by atoms with Crippen molar-refractivity contribution in [2.75, 3.05) is 0 Å². The number of benzene rings is 6. The fourth-order valence-electron chi connectivity index (χ4n) is 6.00. The van der Waals surface area contributed by atoms with Gasteiger partial charge >= 0.3 is 0 Å². The van der Waals surface area contributed by atoms with Crippen molar-refractivity contribution in [2.24, 2.45) is 0 Å². The molecule has 0 fully saturated rings. The summed E-state index contributed by atoms with van der Waals surface area (Å²) < 4.78 is 12.6. The average Bonchev–Trinajstić information content (AvgIpc) is 3.66. The van der Waals surface area contributed by atoms with E-state index in [1.165, 1.54) is 0 Å². The Kier molecular flexibility index (Phi) is 5.43. The molecule has 0 radical (unpaired) electrons. The molecule has 0 saturated heterocycles. The van der Waals surface area contributed by atoms with Gasteiger partial charge in [0.15, 0.2) is 17.5 Å². The molecule has 0 aliphatic rings. The third kappa shape index (κ3) is 3.98. The standard InChI is InChI=1S/C39H23N3O2/c1-3-10-24(11-4-1)37-40-38(25-12-5-2-6-13-25)42-39(41-37)27-19-21-35-32(23-27)31-22-26(18-20-34(31)43-35)28-15-9-16-30-29-14-7-8-17-33(29)44-36(28)30/h1-23H. The number of hydrogen-bond acceptors (Lipinski definition) is 5. The molecule has 0 N–H and O–H groups in total. The van der Waals surface area contributed by atoms with E-state index >= 15 is 0 Å². The lowest BCUT2D eigenvalue weighted by Crippen LogP contribution is -2.00. The van der Waals surface area contributed by atoms with E-state index in [1.807, 2.05) is 97.1 Å². The fourth-order valence-corrected chi connectivity index (χ4v) is 6.00. The first-order valence-electron chi connectivity index (χ1n) is 14.5. The SMILES string of the molecule is c1ccc(-c2nc(-c3ccccc3)nc(-c3ccc4oc5ccc(-c6cccc7c6oc6ccccc67)cc5c4c3)n2)cc1. The molecular formula is C39H23N3O2. The highest BCUT2D eigenvalue weighted by Crippen LogP contribution is 2.39. The Hall–Kier alpha value is -6.07. The van der Waals surface area contributed by atoms with E-state index in [2.05, 4.69) is 42.5 Å². The molecule has 0 bridgehead atoms. The molecule has 6 aromatic carbocycles. The third-order valence-corrected chi connectivity index (χ3v) is 8.14. The molecule has 0 atom stereocenters. The quantitative estimate of drug-likeness (QED) is 0.212. The van der Waals surface area contributed by atoms with Crippen molar-refractivity contribution in [3.05, 3.63) is 140 Å². The zero-order chi connectivity index (χ0) is 29.0. The Bertz CT molecular complexity index is 2440. The number of furan rings is 2. The summed E-state index contributed by atoms with van der Waals surface area (Å²) in [6.07, 6.45) is 0. The van der Waals surface area contributed by atoms with Gasteiger partial charge in [-0.3, -0.25) is 0 Å². The van der Waals surface area contributed by atoms with E-state index in [4.69, 9.17) is 23.8 Å². The summed E-state index contributed by atoms with van der Waals surface area (Å²) in [6.45, 7) is 0. The van der Waals surface area contributed by atoms with E-state index in [9.17, 15) is 0 Å². The highest BCUT2D eigenvalue weighted by Gasteiger charge is 2.17. The van der Waals surface area contributed by atoms with Gasteiger partial charge in [0.2, 0.25) is 0 Å². The molecule has 3 aromatic heterocycles. The van der Waals surface area contributed by atoms with Gasteiger partial charge < -0.3 is 8.83 Å². The number of para-hydroxylation sites is 2. The Balaban J connectivity index is 1.22. The zero-order valence-electron chi connectivity index (χ0n) is 23.4. The normalized spacial score (nSPS) is 11.6. The van der Waals surface area contributed by atoms with Crippen LogP contribution in [-0.2, 0) is 0 Å². The van der Waals surface area contributed by atoms with Crippen molar-refractivity contribution >= 4 is 43.9 Å². The number of hydrogen-bond donors (Lipinski definition) is 0. The van der Waals surface area contributed by atoms with Crippen molar-refractivity contribution < 1.29 is 8.83 Å². The van der Waals surface area contributed by atoms with E-state index < -0.39 is 0 Å². The Morgan fingerprint density at radius 1 is 0.341 bits per heavy atom. The average molecular weight is 566 g/mol. The van der Waals surface area contributed by atoms with Crippen LogP contribution in [0.2, 0.25) is 0 Å². The first-order chi connectivity index (χ1) is 21.8. The smallest absolute Gasteiger partial charge is 0.164 e. The van der Waals surface area contributed by atoms with Gasteiger partial charge in [0.25, 0.3) is 0 Å². The lowest BCUT2D eigenvalue weighted by atomic mass is 10.00. The van der Waals surface area contributed by atoms with Gasteiger partial charge in [-0.05, 0) is 42.0 Å². The molecule has 0 spiro atoms. The summed E-state index contributed by atoms with van der Waals surface area (Å²) in [4.78, 5) is 14.7. The number of fused-ring (bicyclic) bond motifs is 6. The van der Waals surface area contributed by atoms with Crippen LogP contribution in [0.4, 0.5) is 0 Å². The minimum Gasteiger partial charge on any atom is -0.456 e. The first-order valence-corrected chi connectivity index (χ1v) is 14.5. The summed E-state index contributed by atoms with van der Waals surface area (Å²) >= 11 is 0. The highest BCUT2D eigenvalue weighted by molar-refractivity contribution is 6.11. The van der Waals surface area contributed by atoms with Crippen LogP contribution in [-0.4, -0.2) is 15.0 Å². The summed E-state index contributed by atoms with van der Waals surface area (Å²) in [5.41, 5.74) is 8.27. The predicted octanol–water partition coefficient (Wildman–Crippen LogP) is 10.3. The summed E-state index contributed by atoms with van der Waals surface area (Å²) in [7, 11) is 0. The second-order valence-electron chi connectivity index (χ2n) is 10.8. The maximum atomic E-state index is 6.35. The largest absolute Gasteiger partial charge is 0.456 e. The number of aromatic nitrogens is 3. The number of rotatable bonds is 4. The lowest BCUT2D eigenvalue weighted by molar-refractivity contribution is 0.668. The molecule has 0 amide bonds. The molecule has 0 aliphatic heterocycles. The Morgan fingerprint density at radius 3 is 1.55 bits per heavy atom. The van der Waals surface area contributed by atoms with Crippen LogP contribution in [0.5, 0.6) is 0 Å². The maximum Gasteiger partial charge on any atom is 0.164 e. The van der Waals surface area contributed by atoms with Crippen LogP contribution < -0.4 is 0 Å². The summed E-state index contributed by atoms with van der Waals surface area (Å²) in [6, 6.07) is 47.0. The van der Waals surface area contributed by atoms with Gasteiger partial charge in [0.05, 0.1) is 0 Å². The highest BCUT2D eigenvalue weighted by atomic mass is 16.3. The van der Waals surface area contributed by atoms with Gasteiger partial charge in [0.1, 0.15) is 22.3 Å². The summed E-state index contributed by atoms with van der Waals surface area (Å²) in [5, 5.41) is 4.24. The van der Waals surface area contributed by atoms with Crippen LogP contribution in [0.15, 0.2) is 148 Å². The van der Waals surface area contributed by atoms with Gasteiger partial charge in [0, 0.05) is 43.8 Å². The fraction of sp³-hybridized carbons (Fsp3) is 0. The molecule has 0 unspecified atom stereocenters. The van der Waals surface area contributed by atoms with Crippen LogP contribution >= 0.6 is 0 Å². The molecule has 0 aliphatic carbocycles. The van der Waals surface area contributed by atoms with Crippen molar-refractivity contribution in [2.45, 2.75) is 0 Å². The monoisotopic (exact) mass is 565 g/mol. The third-order valence-electron chi connectivity index (χ3n) is 8.14. The van der Waals surface area contributed by atoms with E-state index in [0.29, 0.717) is 17.5 Å². The molecule has 9 rings (SSSR count). The van der Waals surface area contributed by atoms with Crippen LogP contribution in [0.1, 0.15) is 0 Å². The van der Waals surface area contributed by atoms with Gasteiger partial charge in [-0.15, -0.1) is 0 Å². The molecule has 0 saturated carbocycles. The second kappa shape index (κ2) is 9.75. The summed E-state index contributed by atoms with van der Waals surface area (Å²) in [5.74, 6) is 1.87. The molecule has 9 aromatic rings. The van der Waals surface area contributed by atoms with Crippen molar-refractivity contribution in [1.82, 2.24) is 15.0 Å². The van der Waals surface area contributed by atoms with Crippen molar-refractivity contribution in [1.29, 1.82) is 0 Å². The molecule has 3 heterocycles. The molecule has 44 heavy (non-hydrogen) atoms. The zero-order valence-corrected chi connectivity index (χ0v) is 23.4. The van der Waals surface area contributed by atoms with Crippen LogP contribution in [0, 0.1) is 0 Å².